The number of nitrogens with two attached hydrogens (primary N) is 1. The lowest BCUT2D eigenvalue weighted by Crippen LogP contribution is -2.29. The van der Waals surface area contributed by atoms with Crippen molar-refractivity contribution in [1.82, 2.24) is 5.32 Å². The first kappa shape index (κ1) is 24.2. The number of allylic oxidation sites excluding steroid dienone is 3. The average Bonchev–Trinajstić information content (AvgIpc) is 2.59. The lowest BCUT2D eigenvalue weighted by Gasteiger charge is -2.23. The molecule has 0 heterocycles. The predicted octanol–water partition coefficient (Wildman–Crippen LogP) is 5.01. The van der Waals surface area contributed by atoms with Crippen LogP contribution in [0.1, 0.15) is 85.5 Å². The molecule has 5 nitrogen and oxygen atoms in total. The molecule has 1 aliphatic carbocycles. The molecule has 3 N–H and O–H groups in total. The zero-order chi connectivity index (χ0) is 19.8. The van der Waals surface area contributed by atoms with Gasteiger partial charge < -0.3 is 15.8 Å². The molecule has 0 unspecified atom stereocenters. The molecule has 2 amide bonds. The third kappa shape index (κ3) is 14.6. The predicted molar refractivity (Wildman–Crippen MR) is 108 cm³/mol. The van der Waals surface area contributed by atoms with Crippen molar-refractivity contribution in [2.45, 2.75) is 91.1 Å². The molecule has 0 aliphatic heterocycles. The normalized spacial score (nSPS) is 13.3. The summed E-state index contributed by atoms with van der Waals surface area (Å²) in [5.74, 6) is -0.125. The van der Waals surface area contributed by atoms with Gasteiger partial charge in [-0.2, -0.15) is 0 Å². The Morgan fingerprint density at radius 1 is 1.15 bits per heavy atom. The van der Waals surface area contributed by atoms with Gasteiger partial charge in [0.15, 0.2) is 0 Å². The van der Waals surface area contributed by atoms with Crippen LogP contribution in [0.5, 0.6) is 0 Å². The quantitative estimate of drug-likeness (QED) is 0.421. The molecule has 0 saturated heterocycles. The number of carbonyl (C=O) groups excluding carboxylic acids is 2. The van der Waals surface area contributed by atoms with E-state index in [1.165, 1.54) is 25.7 Å². The van der Waals surface area contributed by atoms with E-state index in [0.29, 0.717) is 6.42 Å². The minimum Gasteiger partial charge on any atom is -0.459 e. The molecule has 0 spiro atoms. The summed E-state index contributed by atoms with van der Waals surface area (Å²) in [7, 11) is 0. The Morgan fingerprint density at radius 3 is 2.38 bits per heavy atom. The minimum atomic E-state index is -0.416. The van der Waals surface area contributed by atoms with Crippen molar-refractivity contribution in [3.05, 3.63) is 23.8 Å². The zero-order valence-corrected chi connectivity index (χ0v) is 17.1. The van der Waals surface area contributed by atoms with Crippen LogP contribution in [0.4, 0.5) is 4.79 Å². The summed E-state index contributed by atoms with van der Waals surface area (Å²) in [6, 6.07) is -0.416. The van der Waals surface area contributed by atoms with Crippen molar-refractivity contribution >= 4 is 12.0 Å². The maximum atomic E-state index is 11.6. The second kappa shape index (κ2) is 14.4. The summed E-state index contributed by atoms with van der Waals surface area (Å²) in [5, 5.41) is 2.56. The summed E-state index contributed by atoms with van der Waals surface area (Å²) < 4.78 is 5.38. The minimum absolute atomic E-state index is 0.125. The number of ether oxygens (including phenoxy) is 1. The van der Waals surface area contributed by atoms with Gasteiger partial charge in [0.2, 0.25) is 0 Å². The van der Waals surface area contributed by atoms with Gasteiger partial charge in [-0.1, -0.05) is 57.8 Å². The zero-order valence-electron chi connectivity index (χ0n) is 17.1. The highest BCUT2D eigenvalue weighted by Crippen LogP contribution is 2.18. The number of nitrogens with one attached hydrogen (secondary N) is 1. The van der Waals surface area contributed by atoms with Gasteiger partial charge in [0.25, 0.3) is 0 Å². The summed E-state index contributed by atoms with van der Waals surface area (Å²) in [6.45, 7) is 8.81. The molecule has 0 radical (unpaired) electrons. The molecule has 1 aliphatic rings. The van der Waals surface area contributed by atoms with Gasteiger partial charge in [0, 0.05) is 6.54 Å². The standard InChI is InChI=1S/C13H20O2.C8H18N2O/c1-4-13(2,3)15-12(14)10-11-8-6-5-7-9-11;1-2-3-4-5-6-7-10-8(9)11/h6,8-9H,4-5,7,10H2,1-3H3;2-7H2,1H3,(H3,9,10,11). The van der Waals surface area contributed by atoms with Crippen molar-refractivity contribution in [2.75, 3.05) is 6.54 Å². The van der Waals surface area contributed by atoms with Crippen molar-refractivity contribution < 1.29 is 14.3 Å². The Balaban J connectivity index is 0.000000508. The first-order valence-electron chi connectivity index (χ1n) is 9.91. The van der Waals surface area contributed by atoms with Crippen LogP contribution in [0.15, 0.2) is 23.8 Å². The molecule has 0 aromatic carbocycles. The van der Waals surface area contributed by atoms with Gasteiger partial charge in [-0.15, -0.1) is 0 Å². The molecule has 0 aromatic heterocycles. The molecule has 26 heavy (non-hydrogen) atoms. The molecule has 0 saturated carbocycles. The van der Waals surface area contributed by atoms with Crippen molar-refractivity contribution in [3.63, 3.8) is 0 Å². The third-order valence-corrected chi connectivity index (χ3v) is 4.24. The van der Waals surface area contributed by atoms with Crippen LogP contribution in [-0.2, 0) is 9.53 Å². The van der Waals surface area contributed by atoms with Crippen molar-refractivity contribution in [3.8, 4) is 0 Å². The van der Waals surface area contributed by atoms with E-state index < -0.39 is 6.03 Å². The number of esters is 1. The van der Waals surface area contributed by atoms with Gasteiger partial charge >= 0.3 is 12.0 Å². The third-order valence-electron chi connectivity index (χ3n) is 4.24. The number of rotatable bonds is 10. The molecule has 1 rings (SSSR count). The van der Waals surface area contributed by atoms with E-state index >= 15 is 0 Å². The smallest absolute Gasteiger partial charge is 0.312 e. The van der Waals surface area contributed by atoms with Crippen LogP contribution < -0.4 is 11.1 Å². The maximum absolute atomic E-state index is 11.6. The van der Waals surface area contributed by atoms with E-state index in [1.807, 2.05) is 26.8 Å². The molecular formula is C21H38N2O3. The van der Waals surface area contributed by atoms with Gasteiger partial charge in [0.05, 0.1) is 6.42 Å². The summed E-state index contributed by atoms with van der Waals surface area (Å²) >= 11 is 0. The van der Waals surface area contributed by atoms with Crippen LogP contribution in [0, 0.1) is 0 Å². The number of urea groups is 1. The van der Waals surface area contributed by atoms with Gasteiger partial charge in [0.1, 0.15) is 5.60 Å². The van der Waals surface area contributed by atoms with E-state index in [9.17, 15) is 9.59 Å². The summed E-state index contributed by atoms with van der Waals surface area (Å²) in [5.41, 5.74) is 5.63. The number of primary amides is 1. The molecule has 0 aromatic rings. The highest BCUT2D eigenvalue weighted by Gasteiger charge is 2.20. The van der Waals surface area contributed by atoms with Gasteiger partial charge in [-0.3, -0.25) is 4.79 Å². The first-order valence-corrected chi connectivity index (χ1v) is 9.91. The Morgan fingerprint density at radius 2 is 1.85 bits per heavy atom. The van der Waals surface area contributed by atoms with E-state index in [1.54, 1.807) is 0 Å². The van der Waals surface area contributed by atoms with Crippen LogP contribution >= 0.6 is 0 Å². The molecule has 0 bridgehead atoms. The van der Waals surface area contributed by atoms with Crippen LogP contribution in [0.3, 0.4) is 0 Å². The Hall–Kier alpha value is -1.78. The second-order valence-electron chi connectivity index (χ2n) is 7.23. The van der Waals surface area contributed by atoms with Crippen LogP contribution in [0.25, 0.3) is 0 Å². The fraction of sp³-hybridized carbons (Fsp3) is 0.714. The molecule has 150 valence electrons. The first-order chi connectivity index (χ1) is 12.3. The Labute approximate surface area is 159 Å². The van der Waals surface area contributed by atoms with E-state index in [2.05, 4.69) is 24.4 Å². The SMILES string of the molecule is CCC(C)(C)OC(=O)CC1=CCCC=C1.CCCCCCCNC(N)=O. The van der Waals surface area contributed by atoms with Crippen LogP contribution in [0.2, 0.25) is 0 Å². The molecule has 0 fully saturated rings. The topological polar surface area (TPSA) is 81.4 Å². The second-order valence-corrected chi connectivity index (χ2v) is 7.23. The Kier molecular flexibility index (Phi) is 13.4. The number of carbonyl (C=O) groups is 2. The van der Waals surface area contributed by atoms with E-state index in [0.717, 1.165) is 37.8 Å². The van der Waals surface area contributed by atoms with Gasteiger partial charge in [-0.25, -0.2) is 4.79 Å². The van der Waals surface area contributed by atoms with Gasteiger partial charge in [-0.05, 0) is 45.1 Å². The highest BCUT2D eigenvalue weighted by atomic mass is 16.6. The van der Waals surface area contributed by atoms with Crippen molar-refractivity contribution in [1.29, 1.82) is 0 Å². The van der Waals surface area contributed by atoms with E-state index in [4.69, 9.17) is 10.5 Å². The number of amides is 2. The average molecular weight is 367 g/mol. The number of unbranched alkanes of at least 4 members (excludes halogenated alkanes) is 4. The molecule has 5 heteroatoms. The lowest BCUT2D eigenvalue weighted by atomic mass is 10.0. The molecular weight excluding hydrogens is 328 g/mol. The number of hydrogen-bond donors (Lipinski definition) is 2. The van der Waals surface area contributed by atoms with E-state index in [-0.39, 0.29) is 11.6 Å². The highest BCUT2D eigenvalue weighted by molar-refractivity contribution is 5.73. The lowest BCUT2D eigenvalue weighted by molar-refractivity contribution is -0.155. The summed E-state index contributed by atoms with van der Waals surface area (Å²) in [4.78, 5) is 21.8. The molecule has 0 atom stereocenters. The monoisotopic (exact) mass is 366 g/mol. The summed E-state index contributed by atoms with van der Waals surface area (Å²) in [6.07, 6.45) is 15.6. The van der Waals surface area contributed by atoms with Crippen molar-refractivity contribution in [2.24, 2.45) is 5.73 Å². The fourth-order valence-corrected chi connectivity index (χ4v) is 2.32. The fourth-order valence-electron chi connectivity index (χ4n) is 2.32. The Bertz CT molecular complexity index is 468. The number of hydrogen-bond acceptors (Lipinski definition) is 3. The maximum Gasteiger partial charge on any atom is 0.312 e. The van der Waals surface area contributed by atoms with Crippen LogP contribution in [-0.4, -0.2) is 24.1 Å². The largest absolute Gasteiger partial charge is 0.459 e.